The molecule has 5 rings (SSSR count). The number of hydrogen-bond acceptors (Lipinski definition) is 4. The zero-order valence-corrected chi connectivity index (χ0v) is 17.9. The van der Waals surface area contributed by atoms with E-state index >= 15 is 0 Å². The molecule has 0 saturated heterocycles. The summed E-state index contributed by atoms with van der Waals surface area (Å²) in [6.45, 7) is 5.77. The average molecular weight is 423 g/mol. The Hall–Kier alpha value is -2.70. The molecule has 2 aliphatic rings. The molecule has 2 aromatic carbocycles. The summed E-state index contributed by atoms with van der Waals surface area (Å²) < 4.78 is 27.5. The fraction of sp³-hybridized carbons (Fsp3) is 0.400. The molecular formula is C25H29FN3O2+. The number of pyridine rings is 1. The van der Waals surface area contributed by atoms with Gasteiger partial charge in [0.15, 0.2) is 17.6 Å². The van der Waals surface area contributed by atoms with Gasteiger partial charge < -0.3 is 15.2 Å². The molecule has 162 valence electrons. The summed E-state index contributed by atoms with van der Waals surface area (Å²) >= 11 is 0. The van der Waals surface area contributed by atoms with Gasteiger partial charge in [0, 0.05) is 29.1 Å². The van der Waals surface area contributed by atoms with Crippen molar-refractivity contribution in [3.8, 4) is 11.5 Å². The molecule has 0 fully saturated rings. The number of quaternary nitrogens is 1. The molecule has 2 aliphatic heterocycles. The molecule has 1 aromatic heterocycles. The van der Waals surface area contributed by atoms with E-state index in [-0.39, 0.29) is 11.9 Å². The lowest BCUT2D eigenvalue weighted by Gasteiger charge is -2.39. The van der Waals surface area contributed by atoms with Gasteiger partial charge in [0.05, 0.1) is 18.6 Å². The van der Waals surface area contributed by atoms with Crippen molar-refractivity contribution >= 4 is 16.6 Å². The largest absolute Gasteiger partial charge is 0.486 e. The van der Waals surface area contributed by atoms with Gasteiger partial charge >= 0.3 is 0 Å². The number of nitrogens with zero attached hydrogens (tertiary/aromatic N) is 2. The summed E-state index contributed by atoms with van der Waals surface area (Å²) in [6.07, 6.45) is 2.80. The second kappa shape index (κ2) is 8.09. The van der Waals surface area contributed by atoms with Crippen LogP contribution in [0.5, 0.6) is 11.5 Å². The van der Waals surface area contributed by atoms with Crippen molar-refractivity contribution in [2.75, 3.05) is 32.8 Å². The molecule has 2 atom stereocenters. The summed E-state index contributed by atoms with van der Waals surface area (Å²) in [5.41, 5.74) is 9.95. The van der Waals surface area contributed by atoms with E-state index in [0.717, 1.165) is 77.2 Å². The lowest BCUT2D eigenvalue weighted by atomic mass is 10.1. The summed E-state index contributed by atoms with van der Waals surface area (Å²) in [6, 6.07) is 13.2. The maximum Gasteiger partial charge on any atom is 0.182 e. The van der Waals surface area contributed by atoms with Crippen LogP contribution >= 0.6 is 0 Å². The fourth-order valence-corrected chi connectivity index (χ4v) is 5.07. The quantitative estimate of drug-likeness (QED) is 0.480. The Labute approximate surface area is 182 Å². The van der Waals surface area contributed by atoms with Crippen LogP contribution in [0.25, 0.3) is 10.9 Å². The van der Waals surface area contributed by atoms with Crippen LogP contribution in [0.1, 0.15) is 24.1 Å². The number of halogens is 1. The van der Waals surface area contributed by atoms with Crippen molar-refractivity contribution < 1.29 is 13.9 Å². The van der Waals surface area contributed by atoms with Gasteiger partial charge in [-0.1, -0.05) is 0 Å². The highest BCUT2D eigenvalue weighted by Crippen LogP contribution is 2.41. The molecule has 2 N–H and O–H groups in total. The molecule has 0 bridgehead atoms. The summed E-state index contributed by atoms with van der Waals surface area (Å²) in [4.78, 5) is 4.62. The van der Waals surface area contributed by atoms with Crippen LogP contribution in [0.3, 0.4) is 0 Å². The predicted octanol–water partition coefficient (Wildman–Crippen LogP) is 4.12. The van der Waals surface area contributed by atoms with Crippen molar-refractivity contribution in [1.82, 2.24) is 9.47 Å². The van der Waals surface area contributed by atoms with Gasteiger partial charge in [-0.25, -0.2) is 4.39 Å². The average Bonchev–Trinajstić information content (AvgIpc) is 3.11. The SMILES string of the molecule is Cc1ccc2c3c(ccc2n1)OC[C@H](C[N+]1(CCCCN)CCc2ccc(F)cc21)O3. The second-order valence-electron chi connectivity index (χ2n) is 8.76. The number of ether oxygens (including phenoxy) is 2. The number of aromatic nitrogens is 1. The molecular weight excluding hydrogens is 393 g/mol. The Kier molecular flexibility index (Phi) is 5.28. The van der Waals surface area contributed by atoms with E-state index < -0.39 is 0 Å². The van der Waals surface area contributed by atoms with Gasteiger partial charge in [-0.05, 0) is 62.7 Å². The van der Waals surface area contributed by atoms with Gasteiger partial charge in [0.25, 0.3) is 0 Å². The van der Waals surface area contributed by atoms with Gasteiger partial charge in [0.1, 0.15) is 24.7 Å². The molecule has 0 spiro atoms. The monoisotopic (exact) mass is 422 g/mol. The number of unbranched alkanes of at least 4 members (excludes halogenated alkanes) is 1. The zero-order valence-electron chi connectivity index (χ0n) is 17.9. The number of nitrogens with two attached hydrogens (primary N) is 1. The van der Waals surface area contributed by atoms with E-state index in [0.29, 0.717) is 13.2 Å². The number of rotatable bonds is 6. The molecule has 1 unspecified atom stereocenters. The number of benzene rings is 2. The van der Waals surface area contributed by atoms with Crippen LogP contribution in [0.15, 0.2) is 42.5 Å². The molecule has 5 nitrogen and oxygen atoms in total. The van der Waals surface area contributed by atoms with Crippen molar-refractivity contribution in [2.45, 2.75) is 32.3 Å². The Bertz CT molecular complexity index is 1120. The lowest BCUT2D eigenvalue weighted by molar-refractivity contribution is 0.0639. The van der Waals surface area contributed by atoms with E-state index in [4.69, 9.17) is 15.2 Å². The second-order valence-corrected chi connectivity index (χ2v) is 8.76. The van der Waals surface area contributed by atoms with Crippen molar-refractivity contribution in [3.05, 3.63) is 59.5 Å². The van der Waals surface area contributed by atoms with Gasteiger partial charge in [-0.2, -0.15) is 0 Å². The molecule has 3 aromatic rings. The third kappa shape index (κ3) is 3.75. The van der Waals surface area contributed by atoms with Gasteiger partial charge in [-0.15, -0.1) is 0 Å². The third-order valence-electron chi connectivity index (χ3n) is 6.60. The highest BCUT2D eigenvalue weighted by atomic mass is 19.1. The first kappa shape index (κ1) is 20.2. The molecule has 31 heavy (non-hydrogen) atoms. The Morgan fingerprint density at radius 1 is 1.16 bits per heavy atom. The smallest absolute Gasteiger partial charge is 0.182 e. The molecule has 6 heteroatoms. The molecule has 0 amide bonds. The minimum Gasteiger partial charge on any atom is -0.486 e. The normalized spacial score (nSPS) is 22.0. The maximum absolute atomic E-state index is 14.2. The van der Waals surface area contributed by atoms with Gasteiger partial charge in [0.2, 0.25) is 0 Å². The van der Waals surface area contributed by atoms with Crippen LogP contribution in [0.4, 0.5) is 10.1 Å². The molecule has 0 aliphatic carbocycles. The summed E-state index contributed by atoms with van der Waals surface area (Å²) in [5, 5.41) is 0.968. The standard InChI is InChI=1S/C25H29FN3O2/c1-17-4-7-21-22(28-17)8-9-24-25(21)31-20(16-30-24)15-29(12-3-2-11-27)13-10-18-5-6-19(26)14-23(18)29/h4-9,14,20H,2-3,10-13,15-16,27H2,1H3/q+1/t20-,29?/m0/s1. The highest BCUT2D eigenvalue weighted by Gasteiger charge is 2.42. The van der Waals surface area contributed by atoms with Crippen LogP contribution in [0, 0.1) is 12.7 Å². The Morgan fingerprint density at radius 2 is 2.06 bits per heavy atom. The number of hydrogen-bond donors (Lipinski definition) is 1. The summed E-state index contributed by atoms with van der Waals surface area (Å²) in [7, 11) is 0. The van der Waals surface area contributed by atoms with Crippen LogP contribution in [-0.2, 0) is 6.42 Å². The number of aryl methyl sites for hydroxylation is 1. The first-order chi connectivity index (χ1) is 15.1. The molecule has 0 radical (unpaired) electrons. The minimum absolute atomic E-state index is 0.119. The zero-order chi connectivity index (χ0) is 21.4. The third-order valence-corrected chi connectivity index (χ3v) is 6.60. The predicted molar refractivity (Wildman–Crippen MR) is 121 cm³/mol. The van der Waals surface area contributed by atoms with Crippen molar-refractivity contribution in [2.24, 2.45) is 5.73 Å². The topological polar surface area (TPSA) is 57.4 Å². The van der Waals surface area contributed by atoms with E-state index in [2.05, 4.69) is 4.98 Å². The van der Waals surface area contributed by atoms with Crippen molar-refractivity contribution in [3.63, 3.8) is 0 Å². The molecule has 0 saturated carbocycles. The minimum atomic E-state index is -0.180. The van der Waals surface area contributed by atoms with Gasteiger partial charge in [-0.3, -0.25) is 9.47 Å². The first-order valence-electron chi connectivity index (χ1n) is 11.1. The Balaban J connectivity index is 1.46. The molecule has 3 heterocycles. The van der Waals surface area contributed by atoms with E-state index in [1.165, 1.54) is 5.56 Å². The van der Waals surface area contributed by atoms with E-state index in [1.54, 1.807) is 12.1 Å². The maximum atomic E-state index is 14.2. The Morgan fingerprint density at radius 3 is 2.94 bits per heavy atom. The van der Waals surface area contributed by atoms with Crippen LogP contribution in [0.2, 0.25) is 0 Å². The lowest BCUT2D eigenvalue weighted by Crippen LogP contribution is -2.55. The van der Waals surface area contributed by atoms with Crippen LogP contribution < -0.4 is 19.7 Å². The van der Waals surface area contributed by atoms with Crippen LogP contribution in [-0.4, -0.2) is 43.9 Å². The summed E-state index contributed by atoms with van der Waals surface area (Å²) in [5.74, 6) is 1.34. The highest BCUT2D eigenvalue weighted by molar-refractivity contribution is 5.88. The van der Waals surface area contributed by atoms with E-state index in [1.807, 2.05) is 37.3 Å². The van der Waals surface area contributed by atoms with E-state index in [9.17, 15) is 4.39 Å². The van der Waals surface area contributed by atoms with Crippen molar-refractivity contribution in [1.29, 1.82) is 0 Å². The fourth-order valence-electron chi connectivity index (χ4n) is 5.07. The first-order valence-corrected chi connectivity index (χ1v) is 11.1. The number of fused-ring (bicyclic) bond motifs is 4.